The number of halogens is 4. The molecule has 0 bridgehead atoms. The molecule has 7 heteroatoms. The molecule has 2 heterocycles. The molecule has 0 atom stereocenters. The second kappa shape index (κ2) is 5.57. The Bertz CT molecular complexity index is 834. The molecule has 0 saturated heterocycles. The average Bonchev–Trinajstić information content (AvgIpc) is 2.46. The van der Waals surface area contributed by atoms with Crippen LogP contribution in [0.15, 0.2) is 53.3 Å². The summed E-state index contributed by atoms with van der Waals surface area (Å²) in [6.45, 7) is 0. The summed E-state index contributed by atoms with van der Waals surface area (Å²) in [6, 6.07) is 11.2. The van der Waals surface area contributed by atoms with E-state index in [1.165, 1.54) is 0 Å². The first-order valence-corrected chi connectivity index (χ1v) is 7.08. The monoisotopic (exact) mass is 367 g/mol. The van der Waals surface area contributed by atoms with Crippen LogP contribution in [0.1, 0.15) is 5.56 Å². The lowest BCUT2D eigenvalue weighted by Gasteiger charge is -2.11. The van der Waals surface area contributed by atoms with Crippen LogP contribution in [0.3, 0.4) is 0 Å². The number of rotatable bonds is 2. The molecule has 112 valence electrons. The first kappa shape index (κ1) is 14.8. The molecule has 1 aromatic carbocycles. The summed E-state index contributed by atoms with van der Waals surface area (Å²) in [5, 5.41) is 4.56. The highest BCUT2D eigenvalue weighted by Crippen LogP contribution is 2.31. The number of nitrogens with zero attached hydrogens (tertiary/aromatic N) is 2. The Morgan fingerprint density at radius 1 is 1.05 bits per heavy atom. The van der Waals surface area contributed by atoms with Gasteiger partial charge in [0.05, 0.1) is 5.56 Å². The quantitative estimate of drug-likeness (QED) is 0.636. The van der Waals surface area contributed by atoms with Crippen LogP contribution in [0.2, 0.25) is 0 Å². The van der Waals surface area contributed by atoms with Gasteiger partial charge >= 0.3 is 6.18 Å². The van der Waals surface area contributed by atoms with E-state index in [2.05, 4.69) is 31.2 Å². The number of hydrogen-bond donors (Lipinski definition) is 1. The van der Waals surface area contributed by atoms with E-state index in [-0.39, 0.29) is 5.82 Å². The zero-order chi connectivity index (χ0) is 15.7. The van der Waals surface area contributed by atoms with Crippen LogP contribution < -0.4 is 5.32 Å². The van der Waals surface area contributed by atoms with Gasteiger partial charge in [0, 0.05) is 11.6 Å². The summed E-state index contributed by atoms with van der Waals surface area (Å²) in [4.78, 5) is 8.19. The van der Waals surface area contributed by atoms with Crippen molar-refractivity contribution in [1.29, 1.82) is 0 Å². The van der Waals surface area contributed by atoms with Gasteiger partial charge in [0.1, 0.15) is 16.2 Å². The van der Waals surface area contributed by atoms with E-state index in [9.17, 15) is 13.2 Å². The van der Waals surface area contributed by atoms with Gasteiger partial charge in [-0.25, -0.2) is 9.97 Å². The van der Waals surface area contributed by atoms with Gasteiger partial charge in [0.25, 0.3) is 0 Å². The highest BCUT2D eigenvalue weighted by atomic mass is 79.9. The Morgan fingerprint density at radius 2 is 1.82 bits per heavy atom. The van der Waals surface area contributed by atoms with E-state index in [1.807, 2.05) is 30.3 Å². The highest BCUT2D eigenvalue weighted by molar-refractivity contribution is 9.10. The Kier molecular flexibility index (Phi) is 3.74. The highest BCUT2D eigenvalue weighted by Gasteiger charge is 2.30. The number of hydrogen-bond acceptors (Lipinski definition) is 3. The molecule has 0 radical (unpaired) electrons. The summed E-state index contributed by atoms with van der Waals surface area (Å²) in [7, 11) is 0. The predicted octanol–water partition coefficient (Wildman–Crippen LogP) is 5.15. The summed E-state index contributed by atoms with van der Waals surface area (Å²) >= 11 is 3.29. The lowest BCUT2D eigenvalue weighted by Crippen LogP contribution is -2.06. The molecule has 1 N–H and O–H groups in total. The van der Waals surface area contributed by atoms with Gasteiger partial charge in [-0.3, -0.25) is 0 Å². The van der Waals surface area contributed by atoms with Crippen molar-refractivity contribution in [1.82, 2.24) is 9.97 Å². The number of benzene rings is 1. The van der Waals surface area contributed by atoms with Crippen LogP contribution in [0.4, 0.5) is 24.8 Å². The Balaban J connectivity index is 2.04. The van der Waals surface area contributed by atoms with Crippen LogP contribution in [-0.4, -0.2) is 9.97 Å². The lowest BCUT2D eigenvalue weighted by atomic mass is 10.1. The van der Waals surface area contributed by atoms with Gasteiger partial charge in [0.15, 0.2) is 0 Å². The molecular formula is C15H9BrF3N3. The van der Waals surface area contributed by atoms with Crippen molar-refractivity contribution < 1.29 is 13.2 Å². The Hall–Kier alpha value is -2.15. The molecule has 3 aromatic rings. The number of fused-ring (bicyclic) bond motifs is 1. The minimum absolute atomic E-state index is 0.0885. The maximum absolute atomic E-state index is 12.7. The first-order chi connectivity index (χ1) is 10.4. The molecule has 0 unspecified atom stereocenters. The number of pyridine rings is 2. The molecule has 0 saturated carbocycles. The largest absolute Gasteiger partial charge is 0.416 e. The standard InChI is InChI=1S/C15H9BrF3N3/c16-12-7-9-3-1-2-4-11(9)14(21-12)22-13-8-10(5-6-20-13)15(17,18)19/h1-8H,(H,20,21,22). The summed E-state index contributed by atoms with van der Waals surface area (Å²) in [5.74, 6) is 0.530. The van der Waals surface area contributed by atoms with E-state index in [4.69, 9.17) is 0 Å². The fourth-order valence-corrected chi connectivity index (χ4v) is 2.48. The van der Waals surface area contributed by atoms with E-state index in [0.29, 0.717) is 10.4 Å². The van der Waals surface area contributed by atoms with Gasteiger partial charge < -0.3 is 5.32 Å². The third kappa shape index (κ3) is 3.04. The zero-order valence-corrected chi connectivity index (χ0v) is 12.6. The number of aromatic nitrogens is 2. The summed E-state index contributed by atoms with van der Waals surface area (Å²) in [5.41, 5.74) is -0.760. The molecule has 0 aliphatic heterocycles. The second-order valence-corrected chi connectivity index (χ2v) is 5.38. The Labute approximate surface area is 132 Å². The van der Waals surface area contributed by atoms with Crippen molar-refractivity contribution in [2.45, 2.75) is 6.18 Å². The van der Waals surface area contributed by atoms with Crippen LogP contribution in [0, 0.1) is 0 Å². The number of nitrogens with one attached hydrogen (secondary N) is 1. The van der Waals surface area contributed by atoms with Crippen LogP contribution in [0.5, 0.6) is 0 Å². The minimum atomic E-state index is -4.41. The van der Waals surface area contributed by atoms with Gasteiger partial charge in [-0.15, -0.1) is 0 Å². The van der Waals surface area contributed by atoms with Crippen molar-refractivity contribution in [3.8, 4) is 0 Å². The topological polar surface area (TPSA) is 37.8 Å². The molecule has 0 spiro atoms. The number of anilines is 2. The van der Waals surface area contributed by atoms with E-state index in [0.717, 1.165) is 29.1 Å². The Morgan fingerprint density at radius 3 is 2.59 bits per heavy atom. The normalized spacial score (nSPS) is 11.6. The SMILES string of the molecule is FC(F)(F)c1ccnc(Nc2nc(Br)cc3ccccc23)c1. The maximum atomic E-state index is 12.7. The van der Waals surface area contributed by atoms with Crippen molar-refractivity contribution in [2.75, 3.05) is 5.32 Å². The first-order valence-electron chi connectivity index (χ1n) is 6.29. The van der Waals surface area contributed by atoms with Crippen molar-refractivity contribution in [3.05, 3.63) is 58.8 Å². The molecule has 0 aliphatic rings. The molecular weight excluding hydrogens is 359 g/mol. The van der Waals surface area contributed by atoms with Crippen LogP contribution >= 0.6 is 15.9 Å². The van der Waals surface area contributed by atoms with Gasteiger partial charge in [-0.1, -0.05) is 24.3 Å². The minimum Gasteiger partial charge on any atom is -0.324 e. The molecule has 22 heavy (non-hydrogen) atoms. The fourth-order valence-electron chi connectivity index (χ4n) is 2.06. The van der Waals surface area contributed by atoms with E-state index in [1.54, 1.807) is 0 Å². The van der Waals surface area contributed by atoms with Gasteiger partial charge in [-0.2, -0.15) is 13.2 Å². The van der Waals surface area contributed by atoms with Crippen molar-refractivity contribution in [2.24, 2.45) is 0 Å². The lowest BCUT2D eigenvalue weighted by molar-refractivity contribution is -0.137. The summed E-state index contributed by atoms with van der Waals surface area (Å²) in [6.07, 6.45) is -3.29. The average molecular weight is 368 g/mol. The molecule has 0 amide bonds. The second-order valence-electron chi connectivity index (χ2n) is 4.57. The third-order valence-electron chi connectivity index (χ3n) is 3.04. The van der Waals surface area contributed by atoms with Crippen LogP contribution in [0.25, 0.3) is 10.8 Å². The van der Waals surface area contributed by atoms with Gasteiger partial charge in [0.2, 0.25) is 0 Å². The van der Waals surface area contributed by atoms with E-state index < -0.39 is 11.7 Å². The third-order valence-corrected chi connectivity index (χ3v) is 3.45. The molecule has 3 nitrogen and oxygen atoms in total. The maximum Gasteiger partial charge on any atom is 0.416 e. The zero-order valence-electron chi connectivity index (χ0n) is 11.0. The van der Waals surface area contributed by atoms with Crippen molar-refractivity contribution in [3.63, 3.8) is 0 Å². The molecule has 0 fully saturated rings. The summed E-state index contributed by atoms with van der Waals surface area (Å²) < 4.78 is 38.8. The molecule has 0 aliphatic carbocycles. The van der Waals surface area contributed by atoms with E-state index >= 15 is 0 Å². The molecule has 3 rings (SSSR count). The van der Waals surface area contributed by atoms with Gasteiger partial charge in [-0.05, 0) is 39.5 Å². The van der Waals surface area contributed by atoms with Crippen molar-refractivity contribution >= 4 is 38.3 Å². The fraction of sp³-hybridized carbons (Fsp3) is 0.0667. The molecule has 2 aromatic heterocycles. The predicted molar refractivity (Wildman–Crippen MR) is 82.0 cm³/mol. The van der Waals surface area contributed by atoms with Crippen LogP contribution in [-0.2, 0) is 6.18 Å². The number of alkyl halides is 3. The smallest absolute Gasteiger partial charge is 0.324 e.